The number of ether oxygens (including phenoxy) is 2. The predicted octanol–water partition coefficient (Wildman–Crippen LogP) is 2.27. The highest BCUT2D eigenvalue weighted by atomic mass is 16.5. The molecule has 0 N–H and O–H groups in total. The Balaban J connectivity index is 1.58. The highest BCUT2D eigenvalue weighted by molar-refractivity contribution is 5.81. The Hall–Kier alpha value is -1.40. The molecule has 1 aromatic heterocycles. The van der Waals surface area contributed by atoms with Gasteiger partial charge in [0, 0.05) is 32.1 Å². The molecular formula is C18H29N3O3. The molecule has 1 amide bonds. The highest BCUT2D eigenvalue weighted by Gasteiger charge is 2.32. The van der Waals surface area contributed by atoms with E-state index < -0.39 is 0 Å². The van der Waals surface area contributed by atoms with Crippen molar-refractivity contribution in [3.8, 4) is 0 Å². The van der Waals surface area contributed by atoms with E-state index in [9.17, 15) is 4.79 Å². The molecule has 6 heteroatoms. The maximum absolute atomic E-state index is 13.0. The van der Waals surface area contributed by atoms with Gasteiger partial charge < -0.3 is 14.4 Å². The van der Waals surface area contributed by atoms with Crippen LogP contribution in [0.25, 0.3) is 0 Å². The van der Waals surface area contributed by atoms with Gasteiger partial charge in [-0.05, 0) is 37.7 Å². The third kappa shape index (κ3) is 4.16. The van der Waals surface area contributed by atoms with Crippen molar-refractivity contribution in [2.24, 2.45) is 5.92 Å². The monoisotopic (exact) mass is 335 g/mol. The van der Waals surface area contributed by atoms with E-state index in [1.165, 1.54) is 0 Å². The molecule has 2 aliphatic rings. The minimum Gasteiger partial charge on any atom is -0.376 e. The molecule has 134 valence electrons. The number of nitrogens with zero attached hydrogens (tertiary/aromatic N) is 3. The Morgan fingerprint density at radius 2 is 2.25 bits per heavy atom. The lowest BCUT2D eigenvalue weighted by Gasteiger charge is -2.36. The average Bonchev–Trinajstić information content (AvgIpc) is 3.28. The summed E-state index contributed by atoms with van der Waals surface area (Å²) in [6.07, 6.45) is 7.73. The topological polar surface area (TPSA) is 56.6 Å². The third-order valence-electron chi connectivity index (χ3n) is 4.94. The van der Waals surface area contributed by atoms with Crippen LogP contribution in [-0.2, 0) is 14.3 Å². The Kier molecular flexibility index (Phi) is 5.89. The van der Waals surface area contributed by atoms with Gasteiger partial charge in [-0.15, -0.1) is 0 Å². The molecule has 3 atom stereocenters. The molecule has 0 spiro atoms. The fraction of sp³-hybridized carbons (Fsp3) is 0.778. The van der Waals surface area contributed by atoms with E-state index in [-0.39, 0.29) is 30.1 Å². The van der Waals surface area contributed by atoms with Crippen LogP contribution in [0.3, 0.4) is 0 Å². The molecule has 0 radical (unpaired) electrons. The van der Waals surface area contributed by atoms with Gasteiger partial charge in [-0.25, -0.2) is 0 Å². The van der Waals surface area contributed by atoms with Gasteiger partial charge in [0.15, 0.2) is 0 Å². The first-order valence-electron chi connectivity index (χ1n) is 9.16. The summed E-state index contributed by atoms with van der Waals surface area (Å²) in [5.74, 6) is 0.267. The molecule has 24 heavy (non-hydrogen) atoms. The number of hydrogen-bond acceptors (Lipinski definition) is 4. The van der Waals surface area contributed by atoms with Gasteiger partial charge in [0.2, 0.25) is 0 Å². The second kappa shape index (κ2) is 8.12. The summed E-state index contributed by atoms with van der Waals surface area (Å²) < 4.78 is 13.6. The fourth-order valence-electron chi connectivity index (χ4n) is 3.58. The smallest absolute Gasteiger partial charge is 0.252 e. The van der Waals surface area contributed by atoms with Gasteiger partial charge in [0.25, 0.3) is 5.91 Å². The van der Waals surface area contributed by atoms with Crippen LogP contribution >= 0.6 is 0 Å². The molecule has 0 aromatic carbocycles. The zero-order valence-corrected chi connectivity index (χ0v) is 14.8. The summed E-state index contributed by atoms with van der Waals surface area (Å²) in [7, 11) is 0. The number of aromatic nitrogens is 2. The Morgan fingerprint density at radius 1 is 1.38 bits per heavy atom. The number of rotatable bonds is 6. The van der Waals surface area contributed by atoms with Crippen molar-refractivity contribution in [2.75, 3.05) is 26.3 Å². The molecule has 6 nitrogen and oxygen atoms in total. The Bertz CT molecular complexity index is 512. The van der Waals surface area contributed by atoms with E-state index in [1.807, 2.05) is 35.7 Å². The molecule has 1 aromatic rings. The van der Waals surface area contributed by atoms with Crippen LogP contribution in [0.15, 0.2) is 18.5 Å². The number of hydrogen-bond donors (Lipinski definition) is 0. The average molecular weight is 335 g/mol. The van der Waals surface area contributed by atoms with Crippen LogP contribution < -0.4 is 0 Å². The second-order valence-electron chi connectivity index (χ2n) is 7.20. The number of amides is 1. The first kappa shape index (κ1) is 17.4. The lowest BCUT2D eigenvalue weighted by molar-refractivity contribution is -0.151. The van der Waals surface area contributed by atoms with Gasteiger partial charge in [-0.1, -0.05) is 13.8 Å². The number of carbonyl (C=O) groups excluding carboxylic acids is 1. The number of likely N-dealkylation sites (tertiary alicyclic amines) is 1. The van der Waals surface area contributed by atoms with Crippen LogP contribution in [0.5, 0.6) is 0 Å². The van der Waals surface area contributed by atoms with E-state index in [2.05, 4.69) is 5.10 Å². The summed E-state index contributed by atoms with van der Waals surface area (Å²) in [5, 5.41) is 4.33. The van der Waals surface area contributed by atoms with Crippen LogP contribution in [-0.4, -0.2) is 59.1 Å². The molecular weight excluding hydrogens is 306 g/mol. The van der Waals surface area contributed by atoms with Gasteiger partial charge in [-0.3, -0.25) is 9.48 Å². The molecule has 2 saturated heterocycles. The van der Waals surface area contributed by atoms with Crippen molar-refractivity contribution in [1.82, 2.24) is 14.7 Å². The lowest BCUT2D eigenvalue weighted by Crippen LogP contribution is -2.48. The number of carbonyl (C=O) groups is 1. The summed E-state index contributed by atoms with van der Waals surface area (Å²) in [6.45, 7) is 6.95. The molecule has 0 bridgehead atoms. The van der Waals surface area contributed by atoms with Gasteiger partial charge in [0.1, 0.15) is 6.10 Å². The molecule has 2 aliphatic heterocycles. The van der Waals surface area contributed by atoms with E-state index in [1.54, 1.807) is 6.20 Å². The van der Waals surface area contributed by atoms with Crippen LogP contribution in [0.2, 0.25) is 0 Å². The molecule has 3 rings (SSSR count). The minimum absolute atomic E-state index is 0.111. The minimum atomic E-state index is -0.384. The predicted molar refractivity (Wildman–Crippen MR) is 90.6 cm³/mol. The molecule has 3 heterocycles. The summed E-state index contributed by atoms with van der Waals surface area (Å²) in [4.78, 5) is 14.9. The highest BCUT2D eigenvalue weighted by Crippen LogP contribution is 2.23. The second-order valence-corrected chi connectivity index (χ2v) is 7.20. The van der Waals surface area contributed by atoms with Crippen molar-refractivity contribution in [1.29, 1.82) is 0 Å². The van der Waals surface area contributed by atoms with Crippen molar-refractivity contribution in [2.45, 2.75) is 57.8 Å². The summed E-state index contributed by atoms with van der Waals surface area (Å²) in [5.41, 5.74) is 0. The fourth-order valence-corrected chi connectivity index (χ4v) is 3.58. The van der Waals surface area contributed by atoms with E-state index in [4.69, 9.17) is 9.47 Å². The normalized spacial score (nSPS) is 26.0. The van der Waals surface area contributed by atoms with Crippen molar-refractivity contribution in [3.05, 3.63) is 18.5 Å². The van der Waals surface area contributed by atoms with Gasteiger partial charge in [-0.2, -0.15) is 5.10 Å². The number of piperidine rings is 1. The van der Waals surface area contributed by atoms with Crippen LogP contribution in [0.1, 0.15) is 45.6 Å². The Labute approximate surface area is 144 Å². The quantitative estimate of drug-likeness (QED) is 0.800. The van der Waals surface area contributed by atoms with E-state index >= 15 is 0 Å². The molecule has 0 unspecified atom stereocenters. The van der Waals surface area contributed by atoms with Crippen molar-refractivity contribution >= 4 is 5.91 Å². The molecule has 2 fully saturated rings. The maximum atomic E-state index is 13.0. The lowest BCUT2D eigenvalue weighted by atomic mass is 10.0. The SMILES string of the molecule is CC(C)[C@H](OC[C@@H]1CCCO1)C(=O)N1CCC[C@H](n2cccn2)C1. The van der Waals surface area contributed by atoms with E-state index in [0.29, 0.717) is 13.2 Å². The van der Waals surface area contributed by atoms with Crippen LogP contribution in [0, 0.1) is 5.92 Å². The van der Waals surface area contributed by atoms with Gasteiger partial charge in [0.05, 0.1) is 18.8 Å². The van der Waals surface area contributed by atoms with Crippen LogP contribution in [0.4, 0.5) is 0 Å². The first-order chi connectivity index (χ1) is 11.6. The van der Waals surface area contributed by atoms with Crippen molar-refractivity contribution < 1.29 is 14.3 Å². The molecule has 0 aliphatic carbocycles. The first-order valence-corrected chi connectivity index (χ1v) is 9.16. The van der Waals surface area contributed by atoms with Crippen molar-refractivity contribution in [3.63, 3.8) is 0 Å². The summed E-state index contributed by atoms with van der Waals surface area (Å²) in [6, 6.07) is 2.20. The third-order valence-corrected chi connectivity index (χ3v) is 4.94. The van der Waals surface area contributed by atoms with Gasteiger partial charge >= 0.3 is 0 Å². The standard InChI is InChI=1S/C18H29N3O3/c1-14(2)17(24-13-16-7-4-11-23-16)18(22)20-9-3-6-15(12-20)21-10-5-8-19-21/h5,8,10,14-17H,3-4,6-7,9,11-13H2,1-2H3/t15-,16-,17-/m0/s1. The van der Waals surface area contributed by atoms with E-state index in [0.717, 1.165) is 38.8 Å². The Morgan fingerprint density at radius 3 is 2.92 bits per heavy atom. The zero-order chi connectivity index (χ0) is 16.9. The molecule has 0 saturated carbocycles. The largest absolute Gasteiger partial charge is 0.376 e. The zero-order valence-electron chi connectivity index (χ0n) is 14.8. The summed E-state index contributed by atoms with van der Waals surface area (Å²) >= 11 is 0. The maximum Gasteiger partial charge on any atom is 0.252 e.